The number of hydrogen-bond acceptors (Lipinski definition) is 4. The monoisotopic (exact) mass is 253 g/mol. The third kappa shape index (κ3) is 2.15. The Labute approximate surface area is 101 Å². The maximum absolute atomic E-state index is 13.4. The average molecular weight is 253 g/mol. The highest BCUT2D eigenvalue weighted by atomic mass is 19.1. The summed E-state index contributed by atoms with van der Waals surface area (Å²) in [5.41, 5.74) is 5.27. The Kier molecular flexibility index (Phi) is 2.97. The van der Waals surface area contributed by atoms with Gasteiger partial charge in [0.1, 0.15) is 11.5 Å². The summed E-state index contributed by atoms with van der Waals surface area (Å²) in [6.45, 7) is 1.56. The summed E-state index contributed by atoms with van der Waals surface area (Å²) in [6.07, 6.45) is 1.09. The van der Waals surface area contributed by atoms with Crippen molar-refractivity contribution >= 4 is 17.3 Å². The van der Waals surface area contributed by atoms with Crippen molar-refractivity contribution in [3.63, 3.8) is 0 Å². The molecule has 94 valence electrons. The number of nitrogens with zero attached hydrogens (tertiary/aromatic N) is 1. The highest BCUT2D eigenvalue weighted by Gasteiger charge is 2.18. The molecule has 1 amide bonds. The van der Waals surface area contributed by atoms with Crippen LogP contribution in [0.5, 0.6) is 0 Å². The molecule has 18 heavy (non-hydrogen) atoms. The lowest BCUT2D eigenvalue weighted by atomic mass is 10.2. The molecular formula is C11H9F2N3O2. The van der Waals surface area contributed by atoms with Crippen LogP contribution in [0.3, 0.4) is 0 Å². The summed E-state index contributed by atoms with van der Waals surface area (Å²) in [5, 5.41) is 2.21. The van der Waals surface area contributed by atoms with E-state index in [9.17, 15) is 13.6 Å². The predicted octanol–water partition coefficient (Wildman–Crippen LogP) is 2.10. The first-order valence-corrected chi connectivity index (χ1v) is 4.95. The molecule has 0 aliphatic heterocycles. The van der Waals surface area contributed by atoms with Crippen molar-refractivity contribution in [1.29, 1.82) is 0 Å². The molecule has 2 aromatic rings. The SMILES string of the molecule is Cc1ncoc1C(=O)Nc1c(N)cc(F)cc1F. The summed E-state index contributed by atoms with van der Waals surface area (Å²) in [6, 6.07) is 1.53. The van der Waals surface area contributed by atoms with E-state index in [1.807, 2.05) is 0 Å². The molecule has 2 rings (SSSR count). The second kappa shape index (κ2) is 4.44. The van der Waals surface area contributed by atoms with Gasteiger partial charge in [0.15, 0.2) is 12.2 Å². The van der Waals surface area contributed by atoms with Crippen LogP contribution in [-0.2, 0) is 0 Å². The molecule has 0 aliphatic carbocycles. The Morgan fingerprint density at radius 1 is 1.44 bits per heavy atom. The summed E-state index contributed by atoms with van der Waals surface area (Å²) < 4.78 is 31.1. The molecule has 0 aliphatic rings. The minimum atomic E-state index is -0.960. The van der Waals surface area contributed by atoms with Crippen LogP contribution in [0.1, 0.15) is 16.2 Å². The first-order chi connectivity index (χ1) is 8.49. The van der Waals surface area contributed by atoms with Gasteiger partial charge in [0, 0.05) is 6.07 Å². The van der Waals surface area contributed by atoms with Gasteiger partial charge in [-0.05, 0) is 13.0 Å². The van der Waals surface area contributed by atoms with Gasteiger partial charge in [-0.15, -0.1) is 0 Å². The molecule has 0 spiro atoms. The maximum atomic E-state index is 13.4. The molecule has 0 bridgehead atoms. The quantitative estimate of drug-likeness (QED) is 0.803. The van der Waals surface area contributed by atoms with E-state index in [0.29, 0.717) is 11.8 Å². The van der Waals surface area contributed by atoms with Gasteiger partial charge in [-0.25, -0.2) is 13.8 Å². The number of rotatable bonds is 2. The van der Waals surface area contributed by atoms with Crippen LogP contribution in [0, 0.1) is 18.6 Å². The van der Waals surface area contributed by atoms with Crippen molar-refractivity contribution in [2.45, 2.75) is 6.92 Å². The predicted molar refractivity (Wildman–Crippen MR) is 60.0 cm³/mol. The summed E-state index contributed by atoms with van der Waals surface area (Å²) in [4.78, 5) is 15.5. The number of nitrogens with one attached hydrogen (secondary N) is 1. The average Bonchev–Trinajstić information content (AvgIpc) is 2.69. The van der Waals surface area contributed by atoms with Crippen LogP contribution in [0.25, 0.3) is 0 Å². The van der Waals surface area contributed by atoms with E-state index < -0.39 is 17.5 Å². The number of nitrogens with two attached hydrogens (primary N) is 1. The van der Waals surface area contributed by atoms with E-state index in [4.69, 9.17) is 10.2 Å². The molecule has 0 fully saturated rings. The number of amides is 1. The van der Waals surface area contributed by atoms with Gasteiger partial charge in [-0.1, -0.05) is 0 Å². The normalized spacial score (nSPS) is 10.4. The van der Waals surface area contributed by atoms with Crippen molar-refractivity contribution in [2.24, 2.45) is 0 Å². The Bertz CT molecular complexity index is 587. The van der Waals surface area contributed by atoms with Gasteiger partial charge in [-0.2, -0.15) is 0 Å². The van der Waals surface area contributed by atoms with E-state index >= 15 is 0 Å². The number of carbonyl (C=O) groups excluding carboxylic acids is 1. The lowest BCUT2D eigenvalue weighted by Crippen LogP contribution is -2.15. The summed E-state index contributed by atoms with van der Waals surface area (Å²) >= 11 is 0. The number of benzene rings is 1. The number of oxazole rings is 1. The fraction of sp³-hybridized carbons (Fsp3) is 0.0909. The molecule has 1 aromatic carbocycles. The fourth-order valence-electron chi connectivity index (χ4n) is 1.42. The molecule has 0 saturated carbocycles. The van der Waals surface area contributed by atoms with E-state index in [1.165, 1.54) is 0 Å². The first-order valence-electron chi connectivity index (χ1n) is 4.95. The summed E-state index contributed by atoms with van der Waals surface area (Å²) in [7, 11) is 0. The minimum absolute atomic E-state index is 0.0573. The molecular weight excluding hydrogens is 244 g/mol. The molecule has 0 saturated heterocycles. The van der Waals surface area contributed by atoms with Crippen LogP contribution in [0.2, 0.25) is 0 Å². The molecule has 1 heterocycles. The topological polar surface area (TPSA) is 81.2 Å². The van der Waals surface area contributed by atoms with Crippen molar-refractivity contribution in [3.8, 4) is 0 Å². The number of aromatic nitrogens is 1. The molecule has 0 radical (unpaired) electrons. The highest BCUT2D eigenvalue weighted by Crippen LogP contribution is 2.24. The van der Waals surface area contributed by atoms with Crippen molar-refractivity contribution in [2.75, 3.05) is 11.1 Å². The van der Waals surface area contributed by atoms with Crippen molar-refractivity contribution in [1.82, 2.24) is 4.98 Å². The highest BCUT2D eigenvalue weighted by molar-refractivity contribution is 6.04. The number of anilines is 2. The Hall–Kier alpha value is -2.44. The lowest BCUT2D eigenvalue weighted by molar-refractivity contribution is 0.0995. The Morgan fingerprint density at radius 3 is 2.72 bits per heavy atom. The number of carbonyl (C=O) groups is 1. The Balaban J connectivity index is 2.31. The van der Waals surface area contributed by atoms with E-state index in [0.717, 1.165) is 12.5 Å². The van der Waals surface area contributed by atoms with E-state index in [1.54, 1.807) is 6.92 Å². The molecule has 5 nitrogen and oxygen atoms in total. The first kappa shape index (κ1) is 12.0. The van der Waals surface area contributed by atoms with Crippen LogP contribution < -0.4 is 11.1 Å². The number of aryl methyl sites for hydroxylation is 1. The van der Waals surface area contributed by atoms with Gasteiger partial charge in [0.05, 0.1) is 11.4 Å². The van der Waals surface area contributed by atoms with Crippen molar-refractivity contribution in [3.05, 3.63) is 41.6 Å². The zero-order valence-corrected chi connectivity index (χ0v) is 9.33. The molecule has 0 atom stereocenters. The van der Waals surface area contributed by atoms with Crippen LogP contribution >= 0.6 is 0 Å². The van der Waals surface area contributed by atoms with Gasteiger partial charge in [0.25, 0.3) is 5.91 Å². The maximum Gasteiger partial charge on any atom is 0.293 e. The zero-order chi connectivity index (χ0) is 13.3. The molecule has 0 unspecified atom stereocenters. The second-order valence-electron chi connectivity index (χ2n) is 3.57. The summed E-state index contributed by atoms with van der Waals surface area (Å²) in [5.74, 6) is -2.54. The number of hydrogen-bond donors (Lipinski definition) is 2. The van der Waals surface area contributed by atoms with Gasteiger partial charge >= 0.3 is 0 Å². The standard InChI is InChI=1S/C11H9F2N3O2/c1-5-10(18-4-15-5)11(17)16-9-7(13)2-6(12)3-8(9)14/h2-4H,14H2,1H3,(H,16,17). The lowest BCUT2D eigenvalue weighted by Gasteiger charge is -2.08. The molecule has 7 heteroatoms. The largest absolute Gasteiger partial charge is 0.438 e. The number of halogens is 2. The second-order valence-corrected chi connectivity index (χ2v) is 3.57. The molecule has 3 N–H and O–H groups in total. The third-order valence-electron chi connectivity index (χ3n) is 2.28. The van der Waals surface area contributed by atoms with Crippen LogP contribution in [0.4, 0.5) is 20.2 Å². The van der Waals surface area contributed by atoms with E-state index in [2.05, 4.69) is 10.3 Å². The minimum Gasteiger partial charge on any atom is -0.438 e. The molecule has 1 aromatic heterocycles. The number of nitrogen functional groups attached to an aromatic ring is 1. The van der Waals surface area contributed by atoms with Gasteiger partial charge in [0.2, 0.25) is 5.76 Å². The van der Waals surface area contributed by atoms with Gasteiger partial charge in [-0.3, -0.25) is 4.79 Å². The van der Waals surface area contributed by atoms with E-state index in [-0.39, 0.29) is 17.1 Å². The van der Waals surface area contributed by atoms with Gasteiger partial charge < -0.3 is 15.5 Å². The smallest absolute Gasteiger partial charge is 0.293 e. The zero-order valence-electron chi connectivity index (χ0n) is 9.33. The third-order valence-corrected chi connectivity index (χ3v) is 2.28. The van der Waals surface area contributed by atoms with Crippen LogP contribution in [0.15, 0.2) is 22.9 Å². The fourth-order valence-corrected chi connectivity index (χ4v) is 1.42. The van der Waals surface area contributed by atoms with Crippen molar-refractivity contribution < 1.29 is 18.0 Å². The Morgan fingerprint density at radius 2 is 2.17 bits per heavy atom. The van der Waals surface area contributed by atoms with Crippen LogP contribution in [-0.4, -0.2) is 10.9 Å².